The number of likely N-dealkylation sites (tertiary alicyclic amines) is 1. The van der Waals surface area contributed by atoms with E-state index in [1.807, 2.05) is 0 Å². The number of nitrogens with zero attached hydrogens (tertiary/aromatic N) is 1. The van der Waals surface area contributed by atoms with Crippen molar-refractivity contribution in [2.24, 2.45) is 5.92 Å². The Morgan fingerprint density at radius 2 is 1.96 bits per heavy atom. The quantitative estimate of drug-likeness (QED) is 0.868. The Morgan fingerprint density at radius 3 is 2.46 bits per heavy atom. The third-order valence-electron chi connectivity index (χ3n) is 4.97. The summed E-state index contributed by atoms with van der Waals surface area (Å²) in [7, 11) is 0. The van der Waals surface area contributed by atoms with E-state index < -0.39 is 5.97 Å². The second kappa shape index (κ2) is 7.49. The molecule has 2 heterocycles. The second-order valence-corrected chi connectivity index (χ2v) is 7.62. The number of carbonyl (C=O) groups is 1. The van der Waals surface area contributed by atoms with Crippen molar-refractivity contribution in [1.82, 2.24) is 4.90 Å². The number of hydrogen-bond acceptors (Lipinski definition) is 3. The minimum absolute atomic E-state index is 0.186. The number of aliphatic carboxylic acids is 1. The molecule has 0 saturated carbocycles. The number of carboxylic acid groups (broad SMARTS) is 1. The molecule has 1 N–H and O–H groups in total. The van der Waals surface area contributed by atoms with Crippen molar-refractivity contribution in [1.29, 1.82) is 0 Å². The molecule has 0 aliphatic carbocycles. The van der Waals surface area contributed by atoms with E-state index in [0.29, 0.717) is 0 Å². The molecule has 4 heteroatoms. The molecule has 3 nitrogen and oxygen atoms in total. The van der Waals surface area contributed by atoms with Crippen LogP contribution < -0.4 is 0 Å². The zero-order chi connectivity index (χ0) is 17.1. The normalized spacial score (nSPS) is 17.8. The molecular formula is C20H25NO2S. The maximum atomic E-state index is 11.2. The number of piperidine rings is 1. The molecule has 1 aromatic heterocycles. The number of rotatable bonds is 5. The molecule has 1 aromatic carbocycles. The van der Waals surface area contributed by atoms with E-state index in [1.165, 1.54) is 21.6 Å². The molecular weight excluding hydrogens is 318 g/mol. The fourth-order valence-electron chi connectivity index (χ4n) is 3.49. The molecule has 0 spiro atoms. The molecule has 1 aliphatic rings. The highest BCUT2D eigenvalue weighted by molar-refractivity contribution is 7.10. The van der Waals surface area contributed by atoms with Gasteiger partial charge in [-0.05, 0) is 67.4 Å². The lowest BCUT2D eigenvalue weighted by Crippen LogP contribution is -2.39. The average Bonchev–Trinajstić information content (AvgIpc) is 3.02. The molecule has 24 heavy (non-hydrogen) atoms. The summed E-state index contributed by atoms with van der Waals surface area (Å²) in [4.78, 5) is 15.0. The maximum absolute atomic E-state index is 11.2. The highest BCUT2D eigenvalue weighted by Crippen LogP contribution is 2.35. The van der Waals surface area contributed by atoms with Crippen molar-refractivity contribution in [3.05, 3.63) is 57.3 Å². The van der Waals surface area contributed by atoms with Gasteiger partial charge >= 0.3 is 5.97 Å². The molecule has 0 radical (unpaired) electrons. The summed E-state index contributed by atoms with van der Waals surface area (Å²) in [6.45, 7) is 5.99. The van der Waals surface area contributed by atoms with Crippen LogP contribution in [0.25, 0.3) is 0 Å². The van der Waals surface area contributed by atoms with Crippen molar-refractivity contribution >= 4 is 17.3 Å². The summed E-state index contributed by atoms with van der Waals surface area (Å²) in [5.74, 6) is -0.833. The lowest BCUT2D eigenvalue weighted by Gasteiger charge is -2.36. The van der Waals surface area contributed by atoms with Crippen molar-refractivity contribution < 1.29 is 9.90 Å². The molecule has 2 aromatic rings. The molecule has 1 fully saturated rings. The lowest BCUT2D eigenvalue weighted by atomic mass is 9.93. The van der Waals surface area contributed by atoms with Gasteiger partial charge in [0.05, 0.1) is 12.0 Å². The highest BCUT2D eigenvalue weighted by atomic mass is 32.1. The van der Waals surface area contributed by atoms with Crippen molar-refractivity contribution in [3.8, 4) is 0 Å². The van der Waals surface area contributed by atoms with Crippen LogP contribution in [0.4, 0.5) is 0 Å². The summed E-state index contributed by atoms with van der Waals surface area (Å²) in [5, 5.41) is 11.4. The van der Waals surface area contributed by atoms with Gasteiger partial charge in [0.15, 0.2) is 0 Å². The van der Waals surface area contributed by atoms with Crippen LogP contribution in [0.1, 0.15) is 47.4 Å². The Bertz CT molecular complexity index is 684. The molecule has 0 bridgehead atoms. The summed E-state index contributed by atoms with van der Waals surface area (Å²) < 4.78 is 0. The van der Waals surface area contributed by atoms with E-state index in [9.17, 15) is 9.90 Å². The number of benzene rings is 1. The van der Waals surface area contributed by atoms with Crippen LogP contribution in [-0.4, -0.2) is 29.1 Å². The smallest absolute Gasteiger partial charge is 0.306 e. The van der Waals surface area contributed by atoms with Gasteiger partial charge in [-0.3, -0.25) is 9.69 Å². The third-order valence-corrected chi connectivity index (χ3v) is 6.07. The van der Waals surface area contributed by atoms with Crippen molar-refractivity contribution in [3.63, 3.8) is 0 Å². The fourth-order valence-corrected chi connectivity index (χ4v) is 4.55. The van der Waals surface area contributed by atoms with Crippen LogP contribution in [0.3, 0.4) is 0 Å². The third kappa shape index (κ3) is 3.70. The van der Waals surface area contributed by atoms with E-state index in [4.69, 9.17) is 0 Å². The molecule has 3 rings (SSSR count). The van der Waals surface area contributed by atoms with Crippen LogP contribution in [0.2, 0.25) is 0 Å². The Kier molecular flexibility index (Phi) is 5.36. The maximum Gasteiger partial charge on any atom is 0.306 e. The number of hydrogen-bond donors (Lipinski definition) is 1. The van der Waals surface area contributed by atoms with E-state index in [1.54, 1.807) is 11.3 Å². The van der Waals surface area contributed by atoms with Gasteiger partial charge in [-0.25, -0.2) is 0 Å². The van der Waals surface area contributed by atoms with E-state index in [2.05, 4.69) is 54.5 Å². The predicted molar refractivity (Wildman–Crippen MR) is 98.7 cm³/mol. The molecule has 1 aliphatic heterocycles. The Hall–Kier alpha value is -1.65. The summed E-state index contributed by atoms with van der Waals surface area (Å²) in [6.07, 6.45) is 2.53. The SMILES string of the molecule is CCc1ccc(C(c2cc(C)cs2)N2CCC(C(=O)O)CC2)cc1. The van der Waals surface area contributed by atoms with Gasteiger partial charge in [-0.2, -0.15) is 0 Å². The first-order chi connectivity index (χ1) is 11.6. The molecule has 0 amide bonds. The van der Waals surface area contributed by atoms with Gasteiger partial charge in [0.25, 0.3) is 0 Å². The molecule has 1 unspecified atom stereocenters. The Morgan fingerprint density at radius 1 is 1.29 bits per heavy atom. The highest BCUT2D eigenvalue weighted by Gasteiger charge is 2.30. The average molecular weight is 343 g/mol. The van der Waals surface area contributed by atoms with Crippen LogP contribution in [-0.2, 0) is 11.2 Å². The number of aryl methyl sites for hydroxylation is 2. The zero-order valence-electron chi connectivity index (χ0n) is 14.4. The minimum atomic E-state index is -0.648. The second-order valence-electron chi connectivity index (χ2n) is 6.67. The molecule has 1 atom stereocenters. The van der Waals surface area contributed by atoms with Gasteiger partial charge in [0.2, 0.25) is 0 Å². The number of thiophene rings is 1. The number of carboxylic acids is 1. The first-order valence-corrected chi connectivity index (χ1v) is 9.57. The molecule has 128 valence electrons. The predicted octanol–water partition coefficient (Wildman–Crippen LogP) is 4.50. The summed E-state index contributed by atoms with van der Waals surface area (Å²) >= 11 is 1.81. The monoisotopic (exact) mass is 343 g/mol. The Labute approximate surface area is 147 Å². The topological polar surface area (TPSA) is 40.5 Å². The Balaban J connectivity index is 1.86. The first-order valence-electron chi connectivity index (χ1n) is 8.69. The first kappa shape index (κ1) is 17.2. The lowest BCUT2D eigenvalue weighted by molar-refractivity contribution is -0.143. The van der Waals surface area contributed by atoms with E-state index in [-0.39, 0.29) is 12.0 Å². The van der Waals surface area contributed by atoms with Gasteiger partial charge in [0.1, 0.15) is 0 Å². The summed E-state index contributed by atoms with van der Waals surface area (Å²) in [5.41, 5.74) is 3.96. The fraction of sp³-hybridized carbons (Fsp3) is 0.450. The van der Waals surface area contributed by atoms with E-state index >= 15 is 0 Å². The van der Waals surface area contributed by atoms with Crippen LogP contribution in [0, 0.1) is 12.8 Å². The summed E-state index contributed by atoms with van der Waals surface area (Å²) in [6, 6.07) is 11.4. The van der Waals surface area contributed by atoms with Crippen LogP contribution in [0.15, 0.2) is 35.7 Å². The van der Waals surface area contributed by atoms with Gasteiger partial charge in [-0.1, -0.05) is 31.2 Å². The van der Waals surface area contributed by atoms with E-state index in [0.717, 1.165) is 32.4 Å². The van der Waals surface area contributed by atoms with Crippen molar-refractivity contribution in [2.75, 3.05) is 13.1 Å². The molecule has 1 saturated heterocycles. The standard InChI is InChI=1S/C20H25NO2S/c1-3-15-4-6-16(7-5-15)19(18-12-14(2)13-24-18)21-10-8-17(9-11-21)20(22)23/h4-7,12-13,17,19H,3,8-11H2,1-2H3,(H,22,23). The minimum Gasteiger partial charge on any atom is -0.481 e. The van der Waals surface area contributed by atoms with Gasteiger partial charge in [0, 0.05) is 4.88 Å². The van der Waals surface area contributed by atoms with Crippen LogP contribution >= 0.6 is 11.3 Å². The zero-order valence-corrected chi connectivity index (χ0v) is 15.2. The van der Waals surface area contributed by atoms with Gasteiger partial charge < -0.3 is 5.11 Å². The van der Waals surface area contributed by atoms with Crippen LogP contribution in [0.5, 0.6) is 0 Å². The van der Waals surface area contributed by atoms with Gasteiger partial charge in [-0.15, -0.1) is 11.3 Å². The largest absolute Gasteiger partial charge is 0.481 e. The van der Waals surface area contributed by atoms with Crippen molar-refractivity contribution in [2.45, 2.75) is 39.2 Å².